The maximum Gasteiger partial charge on any atom is 0.252 e. The second-order valence-corrected chi connectivity index (χ2v) is 5.14. The fourth-order valence-electron chi connectivity index (χ4n) is 2.01. The van der Waals surface area contributed by atoms with Crippen molar-refractivity contribution in [3.05, 3.63) is 81.6 Å². The van der Waals surface area contributed by atoms with Crippen LogP contribution in [0, 0.1) is 0 Å². The van der Waals surface area contributed by atoms with Gasteiger partial charge in [0, 0.05) is 22.2 Å². The summed E-state index contributed by atoms with van der Waals surface area (Å²) in [5.41, 5.74) is 4.66. The lowest BCUT2D eigenvalue weighted by Gasteiger charge is -2.03. The van der Waals surface area contributed by atoms with Crippen LogP contribution < -0.4 is 11.0 Å². The average molecular weight is 325 g/mol. The number of hydrazone groups is 1. The zero-order valence-corrected chi connectivity index (χ0v) is 12.8. The van der Waals surface area contributed by atoms with Crippen molar-refractivity contribution in [3.63, 3.8) is 0 Å². The van der Waals surface area contributed by atoms with Crippen molar-refractivity contribution in [1.29, 1.82) is 0 Å². The first-order valence-corrected chi connectivity index (χ1v) is 7.30. The molecule has 23 heavy (non-hydrogen) atoms. The van der Waals surface area contributed by atoms with Gasteiger partial charge in [-0.2, -0.15) is 5.10 Å². The van der Waals surface area contributed by atoms with E-state index in [4.69, 9.17) is 11.6 Å². The van der Waals surface area contributed by atoms with Gasteiger partial charge in [0.2, 0.25) is 5.95 Å². The Bertz CT molecular complexity index is 890. The average Bonchev–Trinajstić information content (AvgIpc) is 2.57. The van der Waals surface area contributed by atoms with Gasteiger partial charge in [-0.05, 0) is 6.07 Å². The first-order chi connectivity index (χ1) is 11.2. The topological polar surface area (TPSA) is 70.1 Å². The largest absolute Gasteiger partial charge is 0.291 e. The van der Waals surface area contributed by atoms with E-state index in [-0.39, 0.29) is 11.5 Å². The Morgan fingerprint density at radius 1 is 1.09 bits per heavy atom. The molecule has 2 N–H and O–H groups in total. The molecule has 1 heterocycles. The third kappa shape index (κ3) is 3.84. The number of nitrogens with zero attached hydrogens (tertiary/aromatic N) is 2. The molecular formula is C17H13ClN4O. The molecular weight excluding hydrogens is 312 g/mol. The van der Waals surface area contributed by atoms with Crippen molar-refractivity contribution in [2.24, 2.45) is 5.10 Å². The molecule has 3 aromatic rings. The molecule has 0 amide bonds. The van der Waals surface area contributed by atoms with Crippen LogP contribution in [-0.2, 0) is 0 Å². The second kappa shape index (κ2) is 6.89. The highest BCUT2D eigenvalue weighted by Gasteiger charge is 2.03. The van der Waals surface area contributed by atoms with Crippen molar-refractivity contribution in [2.45, 2.75) is 0 Å². The van der Waals surface area contributed by atoms with Crippen molar-refractivity contribution in [3.8, 4) is 11.3 Å². The number of H-pyrrole nitrogens is 1. The number of rotatable bonds is 4. The Kier molecular flexibility index (Phi) is 4.49. The number of benzene rings is 2. The minimum Gasteiger partial charge on any atom is -0.291 e. The second-order valence-electron chi connectivity index (χ2n) is 4.74. The summed E-state index contributed by atoms with van der Waals surface area (Å²) in [5, 5.41) is 4.65. The van der Waals surface area contributed by atoms with E-state index in [1.807, 2.05) is 48.5 Å². The number of halogens is 1. The van der Waals surface area contributed by atoms with Crippen molar-refractivity contribution in [2.75, 3.05) is 5.43 Å². The van der Waals surface area contributed by atoms with E-state index >= 15 is 0 Å². The van der Waals surface area contributed by atoms with Crippen LogP contribution in [0.3, 0.4) is 0 Å². The Labute approximate surface area is 137 Å². The van der Waals surface area contributed by atoms with Crippen LogP contribution >= 0.6 is 11.6 Å². The van der Waals surface area contributed by atoms with Gasteiger partial charge in [-0.25, -0.2) is 10.4 Å². The standard InChI is InChI=1S/C17H13ClN4O/c18-14-9-5-4-8-13(14)11-19-22-17-20-15(10-16(23)21-17)12-6-2-1-3-7-12/h1-11H,(H2,20,21,22,23)/b19-11+. The van der Waals surface area contributed by atoms with E-state index in [0.29, 0.717) is 10.7 Å². The molecule has 0 aliphatic carbocycles. The van der Waals surface area contributed by atoms with E-state index in [0.717, 1.165) is 11.1 Å². The molecule has 1 aromatic heterocycles. The predicted molar refractivity (Wildman–Crippen MR) is 93.0 cm³/mol. The van der Waals surface area contributed by atoms with Crippen molar-refractivity contribution >= 4 is 23.8 Å². The highest BCUT2D eigenvalue weighted by Crippen LogP contribution is 2.15. The van der Waals surface area contributed by atoms with E-state index in [1.54, 1.807) is 12.3 Å². The summed E-state index contributed by atoms with van der Waals surface area (Å²) in [4.78, 5) is 18.7. The molecule has 2 aromatic carbocycles. The van der Waals surface area contributed by atoms with E-state index < -0.39 is 0 Å². The Balaban J connectivity index is 1.83. The molecule has 0 spiro atoms. The predicted octanol–water partition coefficient (Wildman–Crippen LogP) is 3.54. The van der Waals surface area contributed by atoms with Gasteiger partial charge in [0.25, 0.3) is 5.56 Å². The summed E-state index contributed by atoms with van der Waals surface area (Å²) >= 11 is 6.04. The first-order valence-electron chi connectivity index (χ1n) is 6.93. The number of hydrogen-bond acceptors (Lipinski definition) is 4. The van der Waals surface area contributed by atoms with Crippen LogP contribution in [0.1, 0.15) is 5.56 Å². The highest BCUT2D eigenvalue weighted by atomic mass is 35.5. The van der Waals surface area contributed by atoms with Gasteiger partial charge in [0.15, 0.2) is 0 Å². The highest BCUT2D eigenvalue weighted by molar-refractivity contribution is 6.33. The van der Waals surface area contributed by atoms with Crippen LogP contribution in [-0.4, -0.2) is 16.2 Å². The Morgan fingerprint density at radius 2 is 1.83 bits per heavy atom. The zero-order valence-electron chi connectivity index (χ0n) is 12.0. The normalized spacial score (nSPS) is 10.8. The van der Waals surface area contributed by atoms with Crippen LogP contribution in [0.4, 0.5) is 5.95 Å². The monoisotopic (exact) mass is 324 g/mol. The molecule has 114 valence electrons. The van der Waals surface area contributed by atoms with Crippen LogP contribution in [0.2, 0.25) is 5.02 Å². The summed E-state index contributed by atoms with van der Waals surface area (Å²) in [7, 11) is 0. The fourth-order valence-corrected chi connectivity index (χ4v) is 2.19. The smallest absolute Gasteiger partial charge is 0.252 e. The summed E-state index contributed by atoms with van der Waals surface area (Å²) < 4.78 is 0. The molecule has 3 rings (SSSR count). The quantitative estimate of drug-likeness (QED) is 0.569. The van der Waals surface area contributed by atoms with Gasteiger partial charge in [-0.15, -0.1) is 0 Å². The summed E-state index contributed by atoms with van der Waals surface area (Å²) in [5.74, 6) is 0.264. The van der Waals surface area contributed by atoms with E-state index in [9.17, 15) is 4.79 Å². The molecule has 0 saturated heterocycles. The van der Waals surface area contributed by atoms with Gasteiger partial charge in [-0.3, -0.25) is 9.78 Å². The minimum absolute atomic E-state index is 0.255. The molecule has 0 fully saturated rings. The third-order valence-corrected chi connectivity index (χ3v) is 3.43. The molecule has 0 atom stereocenters. The zero-order chi connectivity index (χ0) is 16.1. The molecule has 5 nitrogen and oxygen atoms in total. The van der Waals surface area contributed by atoms with Crippen LogP contribution in [0.5, 0.6) is 0 Å². The van der Waals surface area contributed by atoms with Gasteiger partial charge >= 0.3 is 0 Å². The number of aromatic amines is 1. The van der Waals surface area contributed by atoms with Gasteiger partial charge in [0.05, 0.1) is 11.9 Å². The lowest BCUT2D eigenvalue weighted by molar-refractivity contribution is 1.09. The number of anilines is 1. The Morgan fingerprint density at radius 3 is 2.61 bits per heavy atom. The summed E-state index contributed by atoms with van der Waals surface area (Å²) in [6, 6.07) is 18.2. The van der Waals surface area contributed by atoms with Crippen molar-refractivity contribution < 1.29 is 0 Å². The lowest BCUT2D eigenvalue weighted by atomic mass is 10.1. The van der Waals surface area contributed by atoms with Gasteiger partial charge in [0.1, 0.15) is 0 Å². The van der Waals surface area contributed by atoms with Gasteiger partial charge < -0.3 is 0 Å². The Hall–Kier alpha value is -2.92. The molecule has 0 aliphatic heterocycles. The van der Waals surface area contributed by atoms with Gasteiger partial charge in [-0.1, -0.05) is 60.1 Å². The number of aromatic nitrogens is 2. The van der Waals surface area contributed by atoms with E-state index in [2.05, 4.69) is 20.5 Å². The lowest BCUT2D eigenvalue weighted by Crippen LogP contribution is -2.10. The minimum atomic E-state index is -0.255. The molecule has 0 saturated carbocycles. The maximum atomic E-state index is 11.8. The van der Waals surface area contributed by atoms with Crippen molar-refractivity contribution in [1.82, 2.24) is 9.97 Å². The molecule has 6 heteroatoms. The number of nitrogens with one attached hydrogen (secondary N) is 2. The summed E-state index contributed by atoms with van der Waals surface area (Å²) in [6.07, 6.45) is 1.57. The molecule has 0 aliphatic rings. The third-order valence-electron chi connectivity index (χ3n) is 3.09. The van der Waals surface area contributed by atoms with Crippen LogP contribution in [0.15, 0.2) is 70.6 Å². The molecule has 0 radical (unpaired) electrons. The maximum absolute atomic E-state index is 11.8. The number of hydrogen-bond donors (Lipinski definition) is 2. The SMILES string of the molecule is O=c1cc(-c2ccccc2)nc(N/N=C/c2ccccc2Cl)[nH]1. The van der Waals surface area contributed by atoms with Crippen LogP contribution in [0.25, 0.3) is 11.3 Å². The fraction of sp³-hybridized carbons (Fsp3) is 0. The first kappa shape index (κ1) is 15.0. The summed E-state index contributed by atoms with van der Waals surface area (Å²) in [6.45, 7) is 0. The van der Waals surface area contributed by atoms with E-state index in [1.165, 1.54) is 6.07 Å². The molecule has 0 unspecified atom stereocenters. The molecule has 0 bridgehead atoms.